The molecule has 1 N–H and O–H groups in total. The SMILES string of the molecule is Cc1ccc(-c2csc(NC(=O)C(C)N3C(=O)c4ccccc4C3=O)n2)cc1C. The number of benzene rings is 2. The Morgan fingerprint density at radius 2 is 1.69 bits per heavy atom. The number of fused-ring (bicyclic) bond motifs is 1. The largest absolute Gasteiger partial charge is 0.300 e. The Kier molecular flexibility index (Phi) is 4.76. The number of imide groups is 1. The van der Waals surface area contributed by atoms with Gasteiger partial charge in [-0.2, -0.15) is 0 Å². The van der Waals surface area contributed by atoms with Crippen molar-refractivity contribution >= 4 is 34.2 Å². The molecule has 1 atom stereocenters. The van der Waals surface area contributed by atoms with E-state index in [0.29, 0.717) is 16.3 Å². The van der Waals surface area contributed by atoms with E-state index in [-0.39, 0.29) is 0 Å². The van der Waals surface area contributed by atoms with Crippen LogP contribution in [0.1, 0.15) is 38.8 Å². The van der Waals surface area contributed by atoms with Gasteiger partial charge in [0.25, 0.3) is 11.8 Å². The molecule has 2 heterocycles. The van der Waals surface area contributed by atoms with Crippen molar-refractivity contribution < 1.29 is 14.4 Å². The highest BCUT2D eigenvalue weighted by molar-refractivity contribution is 7.14. The first-order valence-corrected chi connectivity index (χ1v) is 10.1. The molecule has 146 valence electrons. The van der Waals surface area contributed by atoms with Crippen LogP contribution in [0, 0.1) is 13.8 Å². The van der Waals surface area contributed by atoms with Crippen LogP contribution >= 0.6 is 11.3 Å². The van der Waals surface area contributed by atoms with Gasteiger partial charge < -0.3 is 5.32 Å². The highest BCUT2D eigenvalue weighted by Gasteiger charge is 2.40. The number of aromatic nitrogens is 1. The number of rotatable bonds is 4. The molecule has 3 aromatic rings. The van der Waals surface area contributed by atoms with Gasteiger partial charge in [0, 0.05) is 10.9 Å². The molecule has 1 aliphatic rings. The molecule has 2 aromatic carbocycles. The predicted molar refractivity (Wildman–Crippen MR) is 112 cm³/mol. The first-order valence-electron chi connectivity index (χ1n) is 9.17. The first-order chi connectivity index (χ1) is 13.9. The van der Waals surface area contributed by atoms with E-state index in [2.05, 4.69) is 16.4 Å². The fraction of sp³-hybridized carbons (Fsp3) is 0.182. The van der Waals surface area contributed by atoms with Gasteiger partial charge in [0.2, 0.25) is 5.91 Å². The van der Waals surface area contributed by atoms with Gasteiger partial charge in [0.1, 0.15) is 6.04 Å². The molecule has 1 unspecified atom stereocenters. The second kappa shape index (κ2) is 7.25. The van der Waals surface area contributed by atoms with Crippen molar-refractivity contribution in [3.63, 3.8) is 0 Å². The van der Waals surface area contributed by atoms with E-state index < -0.39 is 23.8 Å². The van der Waals surface area contributed by atoms with Crippen LogP contribution in [0.2, 0.25) is 0 Å². The highest BCUT2D eigenvalue weighted by Crippen LogP contribution is 2.28. The number of nitrogens with zero attached hydrogens (tertiary/aromatic N) is 2. The normalized spacial score (nSPS) is 14.1. The maximum atomic E-state index is 12.7. The molecular weight excluding hydrogens is 386 g/mol. The average Bonchev–Trinajstić information content (AvgIpc) is 3.27. The number of amides is 3. The molecule has 0 radical (unpaired) electrons. The van der Waals surface area contributed by atoms with Crippen LogP contribution in [-0.4, -0.2) is 33.6 Å². The Morgan fingerprint density at radius 3 is 2.31 bits per heavy atom. The summed E-state index contributed by atoms with van der Waals surface area (Å²) in [4.78, 5) is 43.3. The number of carbonyl (C=O) groups is 3. The number of hydrogen-bond donors (Lipinski definition) is 1. The summed E-state index contributed by atoms with van der Waals surface area (Å²) in [6, 6.07) is 11.7. The van der Waals surface area contributed by atoms with Crippen molar-refractivity contribution in [3.05, 3.63) is 70.1 Å². The van der Waals surface area contributed by atoms with Gasteiger partial charge in [-0.15, -0.1) is 11.3 Å². The van der Waals surface area contributed by atoms with Crippen molar-refractivity contribution in [2.24, 2.45) is 0 Å². The number of carbonyl (C=O) groups excluding carboxylic acids is 3. The van der Waals surface area contributed by atoms with Crippen LogP contribution in [0.4, 0.5) is 5.13 Å². The Hall–Kier alpha value is -3.32. The third-order valence-corrected chi connectivity index (χ3v) is 5.89. The van der Waals surface area contributed by atoms with Gasteiger partial charge >= 0.3 is 0 Å². The molecule has 7 heteroatoms. The minimum absolute atomic E-state index is 0.323. The standard InChI is InChI=1S/C22H19N3O3S/c1-12-8-9-15(10-13(12)2)18-11-29-22(23-18)24-19(26)14(3)25-20(27)16-6-4-5-7-17(16)21(25)28/h4-11,14H,1-3H3,(H,23,24,26). The van der Waals surface area contributed by atoms with Gasteiger partial charge in [0.15, 0.2) is 5.13 Å². The monoisotopic (exact) mass is 405 g/mol. The lowest BCUT2D eigenvalue weighted by Crippen LogP contribution is -2.45. The maximum absolute atomic E-state index is 12.7. The molecule has 4 rings (SSSR count). The summed E-state index contributed by atoms with van der Waals surface area (Å²) in [5, 5.41) is 5.02. The topological polar surface area (TPSA) is 79.4 Å². The molecule has 0 saturated carbocycles. The second-order valence-electron chi connectivity index (χ2n) is 7.03. The van der Waals surface area contributed by atoms with Crippen molar-refractivity contribution in [1.29, 1.82) is 0 Å². The molecule has 0 bridgehead atoms. The lowest BCUT2D eigenvalue weighted by Gasteiger charge is -2.21. The highest BCUT2D eigenvalue weighted by atomic mass is 32.1. The molecule has 0 saturated heterocycles. The van der Waals surface area contributed by atoms with Gasteiger partial charge in [-0.1, -0.05) is 24.3 Å². The molecule has 29 heavy (non-hydrogen) atoms. The Labute approximate surface area is 172 Å². The fourth-order valence-electron chi connectivity index (χ4n) is 3.25. The number of aryl methyl sites for hydroxylation is 2. The Morgan fingerprint density at radius 1 is 1.03 bits per heavy atom. The zero-order valence-electron chi connectivity index (χ0n) is 16.2. The van der Waals surface area contributed by atoms with E-state index in [9.17, 15) is 14.4 Å². The summed E-state index contributed by atoms with van der Waals surface area (Å²) < 4.78 is 0. The fourth-order valence-corrected chi connectivity index (χ4v) is 3.97. The summed E-state index contributed by atoms with van der Waals surface area (Å²) in [5.41, 5.74) is 4.75. The van der Waals surface area contributed by atoms with Crippen LogP contribution in [0.15, 0.2) is 47.8 Å². The Balaban J connectivity index is 1.50. The van der Waals surface area contributed by atoms with E-state index >= 15 is 0 Å². The third kappa shape index (κ3) is 3.34. The average molecular weight is 405 g/mol. The summed E-state index contributed by atoms with van der Waals surface area (Å²) in [6.45, 7) is 5.62. The zero-order chi connectivity index (χ0) is 20.7. The number of thiazole rings is 1. The van der Waals surface area contributed by atoms with Crippen LogP contribution in [-0.2, 0) is 4.79 Å². The van der Waals surface area contributed by atoms with E-state index in [1.54, 1.807) is 24.3 Å². The molecule has 1 aliphatic heterocycles. The zero-order valence-corrected chi connectivity index (χ0v) is 17.0. The summed E-state index contributed by atoms with van der Waals surface area (Å²) in [5.74, 6) is -1.37. The molecule has 6 nitrogen and oxygen atoms in total. The van der Waals surface area contributed by atoms with Gasteiger partial charge in [-0.25, -0.2) is 4.98 Å². The van der Waals surface area contributed by atoms with Crippen LogP contribution in [0.25, 0.3) is 11.3 Å². The van der Waals surface area contributed by atoms with Crippen molar-refractivity contribution in [2.45, 2.75) is 26.8 Å². The number of anilines is 1. The summed E-state index contributed by atoms with van der Waals surface area (Å²) in [6.07, 6.45) is 0. The van der Waals surface area contributed by atoms with Crippen LogP contribution in [0.3, 0.4) is 0 Å². The summed E-state index contributed by atoms with van der Waals surface area (Å²) >= 11 is 1.30. The Bertz CT molecular complexity index is 1120. The van der Waals surface area contributed by atoms with Crippen LogP contribution < -0.4 is 5.32 Å². The molecule has 0 fully saturated rings. The molecule has 1 aromatic heterocycles. The van der Waals surface area contributed by atoms with Gasteiger partial charge in [-0.3, -0.25) is 19.3 Å². The lowest BCUT2D eigenvalue weighted by atomic mass is 10.1. The van der Waals surface area contributed by atoms with E-state index in [0.717, 1.165) is 16.2 Å². The van der Waals surface area contributed by atoms with Crippen molar-refractivity contribution in [1.82, 2.24) is 9.88 Å². The van der Waals surface area contributed by atoms with Gasteiger partial charge in [-0.05, 0) is 50.1 Å². The molecule has 3 amide bonds. The van der Waals surface area contributed by atoms with Crippen molar-refractivity contribution in [2.75, 3.05) is 5.32 Å². The molecular formula is C22H19N3O3S. The first kappa shape index (κ1) is 19.0. The quantitative estimate of drug-likeness (QED) is 0.664. The minimum Gasteiger partial charge on any atom is -0.300 e. The van der Waals surface area contributed by atoms with Crippen molar-refractivity contribution in [3.8, 4) is 11.3 Å². The molecule has 0 aliphatic carbocycles. The number of hydrogen-bond acceptors (Lipinski definition) is 5. The smallest absolute Gasteiger partial charge is 0.262 e. The third-order valence-electron chi connectivity index (χ3n) is 5.13. The summed E-state index contributed by atoms with van der Waals surface area (Å²) in [7, 11) is 0. The van der Waals surface area contributed by atoms with E-state index in [1.165, 1.54) is 29.4 Å². The second-order valence-corrected chi connectivity index (χ2v) is 7.89. The van der Waals surface area contributed by atoms with Gasteiger partial charge in [0.05, 0.1) is 16.8 Å². The molecule has 0 spiro atoms. The minimum atomic E-state index is -0.948. The maximum Gasteiger partial charge on any atom is 0.262 e. The number of nitrogens with one attached hydrogen (secondary N) is 1. The van der Waals surface area contributed by atoms with Crippen LogP contribution in [0.5, 0.6) is 0 Å². The lowest BCUT2D eigenvalue weighted by molar-refractivity contribution is -0.119. The van der Waals surface area contributed by atoms with E-state index in [4.69, 9.17) is 0 Å². The van der Waals surface area contributed by atoms with E-state index in [1.807, 2.05) is 31.4 Å². The predicted octanol–water partition coefficient (Wildman–Crippen LogP) is 4.05.